The van der Waals surface area contributed by atoms with Gasteiger partial charge in [-0.1, -0.05) is 37.3 Å². The summed E-state index contributed by atoms with van der Waals surface area (Å²) in [5.41, 5.74) is 1.77. The van der Waals surface area contributed by atoms with E-state index >= 15 is 0 Å². The molecule has 0 N–H and O–H groups in total. The van der Waals surface area contributed by atoms with E-state index in [-0.39, 0.29) is 5.91 Å². The average molecular weight is 360 g/mol. The number of ether oxygens (including phenoxy) is 1. The smallest absolute Gasteiger partial charge is 0.255 e. The van der Waals surface area contributed by atoms with Gasteiger partial charge in [0, 0.05) is 17.6 Å². The fourth-order valence-corrected chi connectivity index (χ4v) is 2.95. The number of hydrogen-bond acceptors (Lipinski definition) is 2. The molecule has 0 aliphatic carbocycles. The number of hydrogen-bond donors (Lipinski definition) is 0. The topological polar surface area (TPSA) is 29.5 Å². The molecular formula is C18H18BrNO2. The van der Waals surface area contributed by atoms with Crippen molar-refractivity contribution in [2.24, 2.45) is 5.92 Å². The van der Waals surface area contributed by atoms with Crippen molar-refractivity contribution in [2.75, 3.05) is 13.1 Å². The van der Waals surface area contributed by atoms with Crippen LogP contribution in [0.5, 0.6) is 5.75 Å². The zero-order valence-electron chi connectivity index (χ0n) is 12.5. The first kappa shape index (κ1) is 15.1. The van der Waals surface area contributed by atoms with E-state index < -0.39 is 0 Å². The lowest BCUT2D eigenvalue weighted by atomic mass is 10.0. The lowest BCUT2D eigenvalue weighted by Crippen LogP contribution is -2.48. The highest BCUT2D eigenvalue weighted by Crippen LogP contribution is 2.27. The Labute approximate surface area is 139 Å². The summed E-state index contributed by atoms with van der Waals surface area (Å²) in [5.74, 6) is 1.37. The molecule has 114 valence electrons. The third-order valence-electron chi connectivity index (χ3n) is 3.77. The molecule has 0 aromatic heterocycles. The van der Waals surface area contributed by atoms with Crippen LogP contribution in [0.4, 0.5) is 0 Å². The van der Waals surface area contributed by atoms with Gasteiger partial charge in [0.25, 0.3) is 5.91 Å². The molecule has 1 aliphatic rings. The van der Waals surface area contributed by atoms with Gasteiger partial charge in [-0.25, -0.2) is 0 Å². The maximum atomic E-state index is 12.5. The molecule has 1 amide bonds. The van der Waals surface area contributed by atoms with E-state index in [1.54, 1.807) is 0 Å². The van der Waals surface area contributed by atoms with Gasteiger partial charge in [-0.2, -0.15) is 0 Å². The lowest BCUT2D eigenvalue weighted by molar-refractivity contribution is 0.0529. The molecule has 1 saturated heterocycles. The Hall–Kier alpha value is -1.81. The Balaban J connectivity index is 1.71. The van der Waals surface area contributed by atoms with E-state index in [1.165, 1.54) is 0 Å². The van der Waals surface area contributed by atoms with E-state index in [2.05, 4.69) is 22.9 Å². The fourth-order valence-electron chi connectivity index (χ4n) is 2.53. The van der Waals surface area contributed by atoms with Gasteiger partial charge in [0.15, 0.2) is 0 Å². The highest BCUT2D eigenvalue weighted by atomic mass is 79.9. The Kier molecular flexibility index (Phi) is 4.48. The van der Waals surface area contributed by atoms with Crippen LogP contribution in [0.25, 0.3) is 0 Å². The van der Waals surface area contributed by atoms with Crippen LogP contribution in [0.1, 0.15) is 22.8 Å². The van der Waals surface area contributed by atoms with E-state index in [0.29, 0.717) is 23.8 Å². The number of carbonyl (C=O) groups is 1. The first-order valence-electron chi connectivity index (χ1n) is 7.39. The molecule has 2 aromatic carbocycles. The summed E-state index contributed by atoms with van der Waals surface area (Å²) in [5, 5.41) is 0. The summed E-state index contributed by atoms with van der Waals surface area (Å²) < 4.78 is 6.61. The standard InChI is InChI=1S/C18H18BrNO2/c1-13-10-20(11-13)18(21)16-9-15(7-8-17(16)19)22-12-14-5-3-2-4-6-14/h2-9,13H,10-12H2,1H3. The van der Waals surface area contributed by atoms with Crippen molar-refractivity contribution in [1.29, 1.82) is 0 Å². The van der Waals surface area contributed by atoms with Crippen molar-refractivity contribution in [1.82, 2.24) is 4.90 Å². The van der Waals surface area contributed by atoms with Gasteiger partial charge < -0.3 is 9.64 Å². The highest BCUT2D eigenvalue weighted by Gasteiger charge is 2.29. The predicted molar refractivity (Wildman–Crippen MR) is 90.0 cm³/mol. The van der Waals surface area contributed by atoms with Crippen LogP contribution >= 0.6 is 15.9 Å². The van der Waals surface area contributed by atoms with Crippen molar-refractivity contribution in [2.45, 2.75) is 13.5 Å². The van der Waals surface area contributed by atoms with Crippen LogP contribution in [-0.2, 0) is 6.61 Å². The van der Waals surface area contributed by atoms with Crippen LogP contribution in [0, 0.1) is 5.92 Å². The predicted octanol–water partition coefficient (Wildman–Crippen LogP) is 4.12. The van der Waals surface area contributed by atoms with Crippen LogP contribution in [0.15, 0.2) is 53.0 Å². The van der Waals surface area contributed by atoms with Gasteiger partial charge in [-0.05, 0) is 45.6 Å². The van der Waals surface area contributed by atoms with Gasteiger partial charge in [0.05, 0.1) is 5.56 Å². The number of carbonyl (C=O) groups excluding carboxylic acids is 1. The molecule has 0 saturated carbocycles. The van der Waals surface area contributed by atoms with E-state index in [1.807, 2.05) is 53.4 Å². The molecule has 0 atom stereocenters. The summed E-state index contributed by atoms with van der Waals surface area (Å²) in [7, 11) is 0. The fraction of sp³-hybridized carbons (Fsp3) is 0.278. The summed E-state index contributed by atoms with van der Waals surface area (Å²) in [6.45, 7) is 4.32. The lowest BCUT2D eigenvalue weighted by Gasteiger charge is -2.37. The van der Waals surface area contributed by atoms with Gasteiger partial charge in [-0.3, -0.25) is 4.79 Å². The third-order valence-corrected chi connectivity index (χ3v) is 4.46. The van der Waals surface area contributed by atoms with Crippen molar-refractivity contribution in [3.8, 4) is 5.75 Å². The minimum atomic E-state index is 0.0649. The van der Waals surface area contributed by atoms with E-state index in [9.17, 15) is 4.79 Å². The van der Waals surface area contributed by atoms with E-state index in [4.69, 9.17) is 4.74 Å². The third kappa shape index (κ3) is 3.33. The summed E-state index contributed by atoms with van der Waals surface area (Å²) in [6.07, 6.45) is 0. The molecule has 2 aromatic rings. The van der Waals surface area contributed by atoms with Gasteiger partial charge in [0.1, 0.15) is 12.4 Å². The molecule has 1 heterocycles. The van der Waals surface area contributed by atoms with Crippen molar-refractivity contribution in [3.05, 3.63) is 64.1 Å². The molecule has 3 nitrogen and oxygen atoms in total. The largest absolute Gasteiger partial charge is 0.489 e. The summed E-state index contributed by atoms with van der Waals surface area (Å²) >= 11 is 3.46. The molecule has 3 rings (SSSR count). The molecule has 0 unspecified atom stereocenters. The molecular weight excluding hydrogens is 342 g/mol. The molecule has 0 radical (unpaired) electrons. The van der Waals surface area contributed by atoms with Gasteiger partial charge >= 0.3 is 0 Å². The first-order valence-corrected chi connectivity index (χ1v) is 8.18. The highest BCUT2D eigenvalue weighted by molar-refractivity contribution is 9.10. The summed E-state index contributed by atoms with van der Waals surface area (Å²) in [4.78, 5) is 14.3. The van der Waals surface area contributed by atoms with Crippen LogP contribution < -0.4 is 4.74 Å². The second kappa shape index (κ2) is 6.53. The van der Waals surface area contributed by atoms with Crippen molar-refractivity contribution in [3.63, 3.8) is 0 Å². The second-order valence-corrected chi connectivity index (χ2v) is 6.59. The van der Waals surface area contributed by atoms with Crippen LogP contribution in [0.3, 0.4) is 0 Å². The molecule has 1 aliphatic heterocycles. The number of nitrogens with zero attached hydrogens (tertiary/aromatic N) is 1. The molecule has 0 bridgehead atoms. The Morgan fingerprint density at radius 2 is 1.95 bits per heavy atom. The number of likely N-dealkylation sites (tertiary alicyclic amines) is 1. The van der Waals surface area contributed by atoms with Crippen molar-refractivity contribution < 1.29 is 9.53 Å². The zero-order chi connectivity index (χ0) is 15.5. The van der Waals surface area contributed by atoms with Gasteiger partial charge in [-0.15, -0.1) is 0 Å². The van der Waals surface area contributed by atoms with E-state index in [0.717, 1.165) is 23.1 Å². The summed E-state index contributed by atoms with van der Waals surface area (Å²) in [6, 6.07) is 15.6. The normalized spacial score (nSPS) is 14.5. The molecule has 4 heteroatoms. The monoisotopic (exact) mass is 359 g/mol. The van der Waals surface area contributed by atoms with Gasteiger partial charge in [0.2, 0.25) is 0 Å². The quantitative estimate of drug-likeness (QED) is 0.821. The Morgan fingerprint density at radius 3 is 2.64 bits per heavy atom. The SMILES string of the molecule is CC1CN(C(=O)c2cc(OCc3ccccc3)ccc2Br)C1. The minimum Gasteiger partial charge on any atom is -0.489 e. The Morgan fingerprint density at radius 1 is 1.23 bits per heavy atom. The maximum absolute atomic E-state index is 12.5. The zero-order valence-corrected chi connectivity index (χ0v) is 14.0. The number of amides is 1. The number of benzene rings is 2. The van der Waals surface area contributed by atoms with Crippen LogP contribution in [0.2, 0.25) is 0 Å². The maximum Gasteiger partial charge on any atom is 0.255 e. The number of rotatable bonds is 4. The second-order valence-electron chi connectivity index (χ2n) is 5.73. The average Bonchev–Trinajstić information content (AvgIpc) is 2.51. The molecule has 22 heavy (non-hydrogen) atoms. The Bertz CT molecular complexity index is 666. The minimum absolute atomic E-state index is 0.0649. The number of halogens is 1. The molecule has 0 spiro atoms. The first-order chi connectivity index (χ1) is 10.6. The van der Waals surface area contributed by atoms with Crippen molar-refractivity contribution >= 4 is 21.8 Å². The van der Waals surface area contributed by atoms with Crippen LogP contribution in [-0.4, -0.2) is 23.9 Å². The molecule has 1 fully saturated rings.